The smallest absolute Gasteiger partial charge is 0.270 e. The van der Waals surface area contributed by atoms with Gasteiger partial charge >= 0.3 is 0 Å². The molecule has 2 aromatic rings. The molecule has 0 aliphatic heterocycles. The van der Waals surface area contributed by atoms with Crippen molar-refractivity contribution in [3.8, 4) is 5.75 Å². The quantitative estimate of drug-likeness (QED) is 0.657. The van der Waals surface area contributed by atoms with Crippen LogP contribution in [-0.2, 0) is 13.6 Å². The number of nitrogens with one attached hydrogen (secondary N) is 1. The second kappa shape index (κ2) is 5.38. The van der Waals surface area contributed by atoms with Crippen molar-refractivity contribution in [1.82, 2.24) is 9.78 Å². The molecule has 0 fully saturated rings. The highest BCUT2D eigenvalue weighted by molar-refractivity contribution is 5.46. The lowest BCUT2D eigenvalue weighted by Crippen LogP contribution is -2.03. The van der Waals surface area contributed by atoms with E-state index in [1.54, 1.807) is 10.7 Å². The first kappa shape index (κ1) is 12.9. The number of anilines is 1. The minimum atomic E-state index is -0.427. The maximum atomic E-state index is 10.8. The van der Waals surface area contributed by atoms with E-state index in [9.17, 15) is 10.1 Å². The van der Waals surface area contributed by atoms with Crippen LogP contribution in [0.25, 0.3) is 0 Å². The fourth-order valence-corrected chi connectivity index (χ4v) is 1.71. The number of nitrogens with zero attached hydrogens (tertiary/aromatic N) is 3. The van der Waals surface area contributed by atoms with Gasteiger partial charge in [0.05, 0.1) is 12.0 Å². The van der Waals surface area contributed by atoms with E-state index < -0.39 is 4.92 Å². The summed E-state index contributed by atoms with van der Waals surface area (Å²) in [6.45, 7) is 0.405. The van der Waals surface area contributed by atoms with Crippen molar-refractivity contribution in [2.24, 2.45) is 7.05 Å². The number of ether oxygens (including phenoxy) is 1. The lowest BCUT2D eigenvalue weighted by atomic mass is 10.1. The Hall–Kier alpha value is -2.57. The molecule has 0 saturated carbocycles. The molecule has 0 saturated heterocycles. The minimum Gasteiger partial charge on any atom is -0.496 e. The first-order chi connectivity index (χ1) is 9.10. The number of methoxy groups -OCH3 is 1. The van der Waals surface area contributed by atoms with Crippen molar-refractivity contribution >= 4 is 11.5 Å². The second-order valence-corrected chi connectivity index (χ2v) is 3.98. The third kappa shape index (κ3) is 3.01. The van der Waals surface area contributed by atoms with Crippen molar-refractivity contribution in [3.05, 3.63) is 46.1 Å². The predicted molar refractivity (Wildman–Crippen MR) is 70.2 cm³/mol. The van der Waals surface area contributed by atoms with Gasteiger partial charge in [0.1, 0.15) is 11.6 Å². The number of hydrogen-bond donors (Lipinski definition) is 1. The summed E-state index contributed by atoms with van der Waals surface area (Å²) < 4.78 is 6.86. The highest BCUT2D eigenvalue weighted by atomic mass is 16.6. The third-order valence-corrected chi connectivity index (χ3v) is 2.65. The van der Waals surface area contributed by atoms with Gasteiger partial charge in [-0.1, -0.05) is 0 Å². The zero-order valence-electron chi connectivity index (χ0n) is 10.7. The normalized spacial score (nSPS) is 10.2. The van der Waals surface area contributed by atoms with Crippen LogP contribution in [0.15, 0.2) is 30.5 Å². The first-order valence-corrected chi connectivity index (χ1v) is 5.65. The number of non-ortho nitro benzene ring substituents is 1. The van der Waals surface area contributed by atoms with Crippen molar-refractivity contribution in [3.63, 3.8) is 0 Å². The molecule has 1 aromatic heterocycles. The molecule has 0 aliphatic carbocycles. The van der Waals surface area contributed by atoms with Crippen LogP contribution in [-0.4, -0.2) is 21.8 Å². The molecule has 2 rings (SSSR count). The SMILES string of the molecule is COc1ccc([N+](=O)[O-])cc1CNc1ccn(C)n1. The van der Waals surface area contributed by atoms with E-state index in [1.807, 2.05) is 19.3 Å². The van der Waals surface area contributed by atoms with Crippen molar-refractivity contribution < 1.29 is 9.66 Å². The molecule has 0 bridgehead atoms. The number of aryl methyl sites for hydroxylation is 1. The first-order valence-electron chi connectivity index (χ1n) is 5.65. The second-order valence-electron chi connectivity index (χ2n) is 3.98. The molecular weight excluding hydrogens is 248 g/mol. The average Bonchev–Trinajstić information content (AvgIpc) is 2.81. The number of rotatable bonds is 5. The summed E-state index contributed by atoms with van der Waals surface area (Å²) in [6.07, 6.45) is 1.81. The highest BCUT2D eigenvalue weighted by Crippen LogP contribution is 2.24. The number of hydrogen-bond acceptors (Lipinski definition) is 5. The van der Waals surface area contributed by atoms with Gasteiger partial charge in [-0.25, -0.2) is 0 Å². The van der Waals surface area contributed by atoms with Crippen molar-refractivity contribution in [2.45, 2.75) is 6.54 Å². The van der Waals surface area contributed by atoms with Gasteiger partial charge in [-0.3, -0.25) is 14.8 Å². The summed E-state index contributed by atoms with van der Waals surface area (Å²) in [6, 6.07) is 6.33. The van der Waals surface area contributed by atoms with Crippen LogP contribution in [0, 0.1) is 10.1 Å². The number of aromatic nitrogens is 2. The Morgan fingerprint density at radius 2 is 2.26 bits per heavy atom. The standard InChI is InChI=1S/C12H14N4O3/c1-15-6-5-12(14-15)13-8-9-7-10(16(17)18)3-4-11(9)19-2/h3-7H,8H2,1-2H3,(H,13,14). The van der Waals surface area contributed by atoms with Crippen LogP contribution in [0.4, 0.5) is 11.5 Å². The summed E-state index contributed by atoms with van der Waals surface area (Å²) in [5, 5.41) is 18.0. The van der Waals surface area contributed by atoms with E-state index >= 15 is 0 Å². The van der Waals surface area contributed by atoms with Gasteiger partial charge in [0, 0.05) is 43.6 Å². The molecule has 0 aliphatic rings. The molecule has 1 heterocycles. The molecule has 1 aromatic carbocycles. The van der Waals surface area contributed by atoms with Crippen molar-refractivity contribution in [2.75, 3.05) is 12.4 Å². The average molecular weight is 262 g/mol. The molecule has 0 amide bonds. The maximum absolute atomic E-state index is 10.8. The van der Waals surface area contributed by atoms with Gasteiger partial charge in [-0.15, -0.1) is 0 Å². The number of nitro groups is 1. The Kier molecular flexibility index (Phi) is 3.65. The Bertz CT molecular complexity index is 594. The molecular formula is C12H14N4O3. The Balaban J connectivity index is 2.17. The Labute approximate surface area is 110 Å². The predicted octanol–water partition coefficient (Wildman–Crippen LogP) is 1.95. The topological polar surface area (TPSA) is 82.2 Å². The zero-order chi connectivity index (χ0) is 13.8. The van der Waals surface area contributed by atoms with E-state index in [4.69, 9.17) is 4.74 Å². The molecule has 100 valence electrons. The molecule has 0 atom stereocenters. The monoisotopic (exact) mass is 262 g/mol. The summed E-state index contributed by atoms with van der Waals surface area (Å²) in [5.74, 6) is 1.31. The minimum absolute atomic E-state index is 0.0404. The van der Waals surface area contributed by atoms with Gasteiger partial charge in [0.15, 0.2) is 0 Å². The lowest BCUT2D eigenvalue weighted by molar-refractivity contribution is -0.384. The number of benzene rings is 1. The molecule has 1 N–H and O–H groups in total. The Morgan fingerprint density at radius 3 is 2.84 bits per heavy atom. The Morgan fingerprint density at radius 1 is 1.47 bits per heavy atom. The molecule has 0 radical (unpaired) electrons. The van der Waals surface area contributed by atoms with Crippen LogP contribution in [0.1, 0.15) is 5.56 Å². The molecule has 0 unspecified atom stereocenters. The third-order valence-electron chi connectivity index (χ3n) is 2.65. The number of nitro benzene ring substituents is 1. The molecule has 7 nitrogen and oxygen atoms in total. The van der Waals surface area contributed by atoms with Crippen LogP contribution >= 0.6 is 0 Å². The molecule has 7 heteroatoms. The van der Waals surface area contributed by atoms with E-state index in [-0.39, 0.29) is 5.69 Å². The van der Waals surface area contributed by atoms with Crippen LogP contribution in [0.2, 0.25) is 0 Å². The lowest BCUT2D eigenvalue weighted by Gasteiger charge is -2.08. The van der Waals surface area contributed by atoms with E-state index in [1.165, 1.54) is 19.2 Å². The van der Waals surface area contributed by atoms with Crippen LogP contribution in [0.5, 0.6) is 5.75 Å². The van der Waals surface area contributed by atoms with Gasteiger partial charge in [0.2, 0.25) is 0 Å². The fraction of sp³-hybridized carbons (Fsp3) is 0.250. The highest BCUT2D eigenvalue weighted by Gasteiger charge is 2.11. The van der Waals surface area contributed by atoms with Gasteiger partial charge in [-0.2, -0.15) is 5.10 Å². The summed E-state index contributed by atoms with van der Waals surface area (Å²) in [7, 11) is 3.35. The largest absolute Gasteiger partial charge is 0.496 e. The van der Waals surface area contributed by atoms with Crippen LogP contribution < -0.4 is 10.1 Å². The molecule has 0 spiro atoms. The molecule has 19 heavy (non-hydrogen) atoms. The van der Waals surface area contributed by atoms with Gasteiger partial charge < -0.3 is 10.1 Å². The summed E-state index contributed by atoms with van der Waals surface area (Å²) in [5.41, 5.74) is 0.751. The van der Waals surface area contributed by atoms with Crippen molar-refractivity contribution in [1.29, 1.82) is 0 Å². The summed E-state index contributed by atoms with van der Waals surface area (Å²) in [4.78, 5) is 10.3. The van der Waals surface area contributed by atoms with E-state index in [0.29, 0.717) is 23.7 Å². The van der Waals surface area contributed by atoms with Crippen LogP contribution in [0.3, 0.4) is 0 Å². The van der Waals surface area contributed by atoms with Gasteiger partial charge in [-0.05, 0) is 6.07 Å². The van der Waals surface area contributed by atoms with E-state index in [2.05, 4.69) is 10.4 Å². The van der Waals surface area contributed by atoms with Gasteiger partial charge in [0.25, 0.3) is 5.69 Å². The summed E-state index contributed by atoms with van der Waals surface area (Å²) >= 11 is 0. The van der Waals surface area contributed by atoms with E-state index in [0.717, 1.165) is 0 Å². The maximum Gasteiger partial charge on any atom is 0.270 e. The fourth-order valence-electron chi connectivity index (χ4n) is 1.71. The zero-order valence-corrected chi connectivity index (χ0v) is 10.7.